The van der Waals surface area contributed by atoms with Crippen molar-refractivity contribution in [2.45, 2.75) is 0 Å². The maximum Gasteiger partial charge on any atom is 0.271 e. The fourth-order valence-corrected chi connectivity index (χ4v) is 1.74. The molecule has 0 bridgehead atoms. The predicted molar refractivity (Wildman–Crippen MR) is 64.9 cm³/mol. The number of carbonyl (C=O) groups is 1. The SMILES string of the molecule is O=C(Cl)c1ncc(Cl)cc1-c1ccccc1. The number of benzene rings is 1. The fourth-order valence-electron chi connectivity index (χ4n) is 1.43. The van der Waals surface area contributed by atoms with E-state index in [2.05, 4.69) is 4.98 Å². The molecule has 2 nitrogen and oxygen atoms in total. The lowest BCUT2D eigenvalue weighted by Crippen LogP contribution is -1.97. The van der Waals surface area contributed by atoms with Crippen molar-refractivity contribution in [1.29, 1.82) is 0 Å². The lowest BCUT2D eigenvalue weighted by molar-refractivity contribution is 0.107. The molecule has 1 aromatic carbocycles. The Morgan fingerprint density at radius 2 is 1.88 bits per heavy atom. The van der Waals surface area contributed by atoms with Crippen molar-refractivity contribution in [3.8, 4) is 11.1 Å². The van der Waals surface area contributed by atoms with E-state index in [4.69, 9.17) is 23.2 Å². The van der Waals surface area contributed by atoms with Gasteiger partial charge in [-0.25, -0.2) is 4.98 Å². The summed E-state index contributed by atoms with van der Waals surface area (Å²) in [6.07, 6.45) is 1.41. The maximum absolute atomic E-state index is 11.2. The molecule has 0 radical (unpaired) electrons. The van der Waals surface area contributed by atoms with E-state index >= 15 is 0 Å². The van der Waals surface area contributed by atoms with Crippen LogP contribution in [-0.2, 0) is 0 Å². The average Bonchev–Trinajstić information content (AvgIpc) is 2.29. The first kappa shape index (κ1) is 11.1. The van der Waals surface area contributed by atoms with Crippen LogP contribution in [0.2, 0.25) is 5.02 Å². The van der Waals surface area contributed by atoms with Crippen LogP contribution in [0.15, 0.2) is 42.6 Å². The van der Waals surface area contributed by atoms with E-state index in [-0.39, 0.29) is 5.69 Å². The Morgan fingerprint density at radius 3 is 2.50 bits per heavy atom. The number of carbonyl (C=O) groups excluding carboxylic acids is 1. The average molecular weight is 252 g/mol. The van der Waals surface area contributed by atoms with Gasteiger partial charge in [0.15, 0.2) is 0 Å². The highest BCUT2D eigenvalue weighted by atomic mass is 35.5. The summed E-state index contributed by atoms with van der Waals surface area (Å²) in [5.41, 5.74) is 1.73. The molecule has 0 aliphatic heterocycles. The van der Waals surface area contributed by atoms with Gasteiger partial charge in [-0.2, -0.15) is 0 Å². The molecular weight excluding hydrogens is 245 g/mol. The van der Waals surface area contributed by atoms with Crippen molar-refractivity contribution in [2.75, 3.05) is 0 Å². The molecule has 0 atom stereocenters. The van der Waals surface area contributed by atoms with Gasteiger partial charge in [-0.3, -0.25) is 4.79 Å². The third kappa shape index (κ3) is 2.23. The zero-order valence-electron chi connectivity index (χ0n) is 8.15. The topological polar surface area (TPSA) is 30.0 Å². The second-order valence-electron chi connectivity index (χ2n) is 3.19. The molecule has 4 heteroatoms. The molecule has 2 aromatic rings. The third-order valence-corrected chi connectivity index (χ3v) is 2.51. The standard InChI is InChI=1S/C12H7Cl2NO/c13-9-6-10(8-4-2-1-3-5-8)11(12(14)16)15-7-9/h1-7H. The molecule has 1 aromatic heterocycles. The largest absolute Gasteiger partial charge is 0.274 e. The first-order valence-corrected chi connectivity index (χ1v) is 5.35. The van der Waals surface area contributed by atoms with Gasteiger partial charge in [0.1, 0.15) is 5.69 Å². The molecule has 0 aliphatic rings. The summed E-state index contributed by atoms with van der Waals surface area (Å²) in [5, 5.41) is -0.115. The molecule has 0 saturated carbocycles. The van der Waals surface area contributed by atoms with Gasteiger partial charge in [-0.15, -0.1) is 0 Å². The minimum absolute atomic E-state index is 0.220. The molecule has 1 heterocycles. The van der Waals surface area contributed by atoms with Gasteiger partial charge in [0.25, 0.3) is 5.24 Å². The van der Waals surface area contributed by atoms with Crippen LogP contribution in [0.4, 0.5) is 0 Å². The smallest absolute Gasteiger partial charge is 0.271 e. The number of pyridine rings is 1. The molecule has 0 aliphatic carbocycles. The second kappa shape index (κ2) is 4.64. The van der Waals surface area contributed by atoms with E-state index < -0.39 is 5.24 Å². The molecule has 0 spiro atoms. The van der Waals surface area contributed by atoms with Crippen LogP contribution in [0.25, 0.3) is 11.1 Å². The highest BCUT2D eigenvalue weighted by Crippen LogP contribution is 2.26. The van der Waals surface area contributed by atoms with Crippen LogP contribution in [0.1, 0.15) is 10.5 Å². The molecule has 0 fully saturated rings. The molecule has 80 valence electrons. The van der Waals surface area contributed by atoms with Crippen LogP contribution >= 0.6 is 23.2 Å². The molecule has 16 heavy (non-hydrogen) atoms. The van der Waals surface area contributed by atoms with E-state index in [1.807, 2.05) is 30.3 Å². The van der Waals surface area contributed by atoms with Crippen molar-refractivity contribution in [1.82, 2.24) is 4.98 Å². The molecule has 0 saturated heterocycles. The molecule has 0 unspecified atom stereocenters. The Hall–Kier alpha value is -1.38. The number of hydrogen-bond donors (Lipinski definition) is 0. The van der Waals surface area contributed by atoms with Gasteiger partial charge in [0, 0.05) is 11.8 Å². The summed E-state index contributed by atoms with van der Waals surface area (Å²) in [5.74, 6) is 0. The monoisotopic (exact) mass is 251 g/mol. The summed E-state index contributed by atoms with van der Waals surface area (Å²) < 4.78 is 0. The summed E-state index contributed by atoms with van der Waals surface area (Å²) >= 11 is 11.3. The quantitative estimate of drug-likeness (QED) is 0.761. The minimum atomic E-state index is -0.587. The zero-order valence-corrected chi connectivity index (χ0v) is 9.66. The van der Waals surface area contributed by atoms with Crippen molar-refractivity contribution >= 4 is 28.4 Å². The second-order valence-corrected chi connectivity index (χ2v) is 3.97. The normalized spacial score (nSPS) is 10.1. The predicted octanol–water partition coefficient (Wildman–Crippen LogP) is 3.78. The highest BCUT2D eigenvalue weighted by Gasteiger charge is 2.12. The number of rotatable bonds is 2. The van der Waals surface area contributed by atoms with E-state index in [1.165, 1.54) is 6.20 Å². The highest BCUT2D eigenvalue weighted by molar-refractivity contribution is 6.68. The van der Waals surface area contributed by atoms with Crippen molar-refractivity contribution in [3.05, 3.63) is 53.3 Å². The first-order chi connectivity index (χ1) is 7.68. The third-order valence-electron chi connectivity index (χ3n) is 2.13. The molecule has 0 N–H and O–H groups in total. The summed E-state index contributed by atoms with van der Waals surface area (Å²) in [4.78, 5) is 15.2. The number of hydrogen-bond acceptors (Lipinski definition) is 2. The van der Waals surface area contributed by atoms with Gasteiger partial charge in [0.2, 0.25) is 0 Å². The van der Waals surface area contributed by atoms with Gasteiger partial charge < -0.3 is 0 Å². The molecule has 2 rings (SSSR count). The summed E-state index contributed by atoms with van der Waals surface area (Å²) in [6.45, 7) is 0. The lowest BCUT2D eigenvalue weighted by atomic mass is 10.0. The Morgan fingerprint density at radius 1 is 1.19 bits per heavy atom. The minimum Gasteiger partial charge on any atom is -0.274 e. The van der Waals surface area contributed by atoms with E-state index in [0.29, 0.717) is 10.6 Å². The number of halogens is 2. The fraction of sp³-hybridized carbons (Fsp3) is 0. The van der Waals surface area contributed by atoms with Crippen molar-refractivity contribution in [2.24, 2.45) is 0 Å². The van der Waals surface area contributed by atoms with Crippen LogP contribution in [0, 0.1) is 0 Å². The van der Waals surface area contributed by atoms with E-state index in [9.17, 15) is 4.79 Å². The summed E-state index contributed by atoms with van der Waals surface area (Å²) in [7, 11) is 0. The number of aromatic nitrogens is 1. The molecular formula is C12H7Cl2NO. The van der Waals surface area contributed by atoms with Crippen molar-refractivity contribution < 1.29 is 4.79 Å². The lowest BCUT2D eigenvalue weighted by Gasteiger charge is -2.05. The Balaban J connectivity index is 2.63. The van der Waals surface area contributed by atoms with Gasteiger partial charge >= 0.3 is 0 Å². The van der Waals surface area contributed by atoms with Crippen molar-refractivity contribution in [3.63, 3.8) is 0 Å². The van der Waals surface area contributed by atoms with Crippen LogP contribution in [0.5, 0.6) is 0 Å². The maximum atomic E-state index is 11.2. The first-order valence-electron chi connectivity index (χ1n) is 4.59. The van der Waals surface area contributed by atoms with E-state index in [1.54, 1.807) is 6.07 Å². The Kier molecular flexibility index (Phi) is 3.22. The van der Waals surface area contributed by atoms with Crippen LogP contribution < -0.4 is 0 Å². The zero-order chi connectivity index (χ0) is 11.5. The Bertz CT molecular complexity index is 526. The van der Waals surface area contributed by atoms with Crippen LogP contribution in [0.3, 0.4) is 0 Å². The summed E-state index contributed by atoms with van der Waals surface area (Å²) in [6, 6.07) is 11.1. The van der Waals surface area contributed by atoms with Crippen LogP contribution in [-0.4, -0.2) is 10.2 Å². The number of nitrogens with zero attached hydrogens (tertiary/aromatic N) is 1. The van der Waals surface area contributed by atoms with Gasteiger partial charge in [0.05, 0.1) is 5.02 Å². The molecule has 0 amide bonds. The van der Waals surface area contributed by atoms with E-state index in [0.717, 1.165) is 5.56 Å². The Labute approximate surface area is 103 Å². The van der Waals surface area contributed by atoms with Gasteiger partial charge in [-0.05, 0) is 23.2 Å². The van der Waals surface area contributed by atoms with Gasteiger partial charge in [-0.1, -0.05) is 41.9 Å².